The van der Waals surface area contributed by atoms with Gasteiger partial charge in [0.25, 0.3) is 0 Å². The van der Waals surface area contributed by atoms with E-state index in [-0.39, 0.29) is 17.0 Å². The molecule has 1 amide bonds. The first-order valence-electron chi connectivity index (χ1n) is 6.41. The summed E-state index contributed by atoms with van der Waals surface area (Å²) in [4.78, 5) is 25.4. The number of carbonyl (C=O) groups excluding carboxylic acids is 1. The number of aryl methyl sites for hydroxylation is 1. The van der Waals surface area contributed by atoms with Crippen LogP contribution in [0.2, 0.25) is 0 Å². The third-order valence-corrected chi connectivity index (χ3v) is 6.08. The van der Waals surface area contributed by atoms with Gasteiger partial charge >= 0.3 is 5.97 Å². The molecule has 118 valence electrons. The maximum Gasteiger partial charge on any atom is 0.353 e. The van der Waals surface area contributed by atoms with Gasteiger partial charge in [-0.2, -0.15) is 0 Å². The number of carboxylic acids is 1. The van der Waals surface area contributed by atoms with Crippen LogP contribution in [0, 0.1) is 5.92 Å². The zero-order valence-corrected chi connectivity index (χ0v) is 13.3. The van der Waals surface area contributed by atoms with Gasteiger partial charge < -0.3 is 10.2 Å². The van der Waals surface area contributed by atoms with E-state index in [2.05, 4.69) is 15.5 Å². The summed E-state index contributed by atoms with van der Waals surface area (Å²) in [6.07, 6.45) is -0.800. The molecule has 0 saturated carbocycles. The van der Waals surface area contributed by atoms with Crippen molar-refractivity contribution in [2.24, 2.45) is 13.0 Å². The molecule has 0 bridgehead atoms. The normalized spacial score (nSPS) is 25.2. The number of tetrazole rings is 1. The zero-order chi connectivity index (χ0) is 16.0. The summed E-state index contributed by atoms with van der Waals surface area (Å²) in [5, 5.41) is 30.3. The zero-order valence-electron chi connectivity index (χ0n) is 11.7. The number of hydrogen-bond donors (Lipinski definition) is 2. The van der Waals surface area contributed by atoms with Crippen molar-refractivity contribution in [2.75, 3.05) is 5.75 Å². The van der Waals surface area contributed by atoms with Gasteiger partial charge in [0, 0.05) is 17.7 Å². The number of carboxylic acid groups (broad SMARTS) is 1. The number of β-lactam (4-membered cyclic amide) rings is 1. The molecule has 2 N–H and O–H groups in total. The monoisotopic (exact) mass is 343 g/mol. The molecule has 11 heteroatoms. The van der Waals surface area contributed by atoms with Gasteiger partial charge in [0.15, 0.2) is 0 Å². The second kappa shape index (κ2) is 5.56. The summed E-state index contributed by atoms with van der Waals surface area (Å²) in [5.41, 5.74) is -0.000437. The van der Waals surface area contributed by atoms with E-state index >= 15 is 0 Å². The minimum Gasteiger partial charge on any atom is -0.477 e. The van der Waals surface area contributed by atoms with Gasteiger partial charge in [-0.25, -0.2) is 9.48 Å². The molecule has 2 aliphatic heterocycles. The van der Waals surface area contributed by atoms with E-state index in [4.69, 9.17) is 0 Å². The Hall–Kier alpha value is -1.59. The Bertz CT molecular complexity index is 673. The first kappa shape index (κ1) is 15.3. The van der Waals surface area contributed by atoms with E-state index < -0.39 is 18.0 Å². The molecule has 3 rings (SSSR count). The van der Waals surface area contributed by atoms with E-state index in [1.54, 1.807) is 14.0 Å². The Morgan fingerprint density at radius 2 is 2.27 bits per heavy atom. The van der Waals surface area contributed by atoms with Gasteiger partial charge in [0.05, 0.1) is 12.0 Å². The molecule has 3 heterocycles. The molecule has 9 nitrogen and oxygen atoms in total. The number of aliphatic hydroxyl groups is 1. The van der Waals surface area contributed by atoms with Crippen LogP contribution in [0.1, 0.15) is 6.92 Å². The molecule has 0 unspecified atom stereocenters. The SMILES string of the molecule is C[C@@H](O)[C@H]1C(=O)N2C(C(=O)O)=C(CSc3nnnn3C)S[C@H]12. The Morgan fingerprint density at radius 3 is 2.82 bits per heavy atom. The summed E-state index contributed by atoms with van der Waals surface area (Å²) in [6, 6.07) is 0. The van der Waals surface area contributed by atoms with Crippen molar-refractivity contribution in [2.45, 2.75) is 23.6 Å². The Morgan fingerprint density at radius 1 is 1.55 bits per heavy atom. The summed E-state index contributed by atoms with van der Waals surface area (Å²) in [5.74, 6) is -1.68. The fraction of sp³-hybridized carbons (Fsp3) is 0.545. The number of amides is 1. The van der Waals surface area contributed by atoms with Crippen LogP contribution in [0.4, 0.5) is 0 Å². The molecule has 3 atom stereocenters. The number of nitrogens with zero attached hydrogens (tertiary/aromatic N) is 5. The maximum atomic E-state index is 12.0. The third kappa shape index (κ3) is 2.29. The minimum absolute atomic E-state index is 0.000437. The van der Waals surface area contributed by atoms with E-state index in [9.17, 15) is 19.8 Å². The molecule has 1 fully saturated rings. The summed E-state index contributed by atoms with van der Waals surface area (Å²) in [6.45, 7) is 1.54. The van der Waals surface area contributed by atoms with Crippen LogP contribution in [-0.2, 0) is 16.6 Å². The molecule has 1 aromatic rings. The number of rotatable bonds is 5. The molecule has 0 aromatic carbocycles. The van der Waals surface area contributed by atoms with Gasteiger partial charge in [0.2, 0.25) is 11.1 Å². The van der Waals surface area contributed by atoms with Gasteiger partial charge in [-0.1, -0.05) is 11.8 Å². The van der Waals surface area contributed by atoms with Crippen molar-refractivity contribution in [1.29, 1.82) is 0 Å². The molecular weight excluding hydrogens is 330 g/mol. The summed E-state index contributed by atoms with van der Waals surface area (Å²) >= 11 is 2.61. The molecular formula is C11H13N5O4S2. The molecule has 1 aromatic heterocycles. The van der Waals surface area contributed by atoms with Crippen LogP contribution >= 0.6 is 23.5 Å². The van der Waals surface area contributed by atoms with Gasteiger partial charge in [-0.3, -0.25) is 9.69 Å². The highest BCUT2D eigenvalue weighted by molar-refractivity contribution is 8.06. The minimum atomic E-state index is -1.14. The van der Waals surface area contributed by atoms with Crippen molar-refractivity contribution in [3.05, 3.63) is 10.6 Å². The van der Waals surface area contributed by atoms with Crippen LogP contribution in [-0.4, -0.2) is 64.4 Å². The summed E-state index contributed by atoms with van der Waals surface area (Å²) in [7, 11) is 1.69. The summed E-state index contributed by atoms with van der Waals surface area (Å²) < 4.78 is 1.49. The highest BCUT2D eigenvalue weighted by Crippen LogP contribution is 2.51. The first-order chi connectivity index (χ1) is 10.4. The van der Waals surface area contributed by atoms with E-state index in [0.29, 0.717) is 15.8 Å². The number of thioether (sulfide) groups is 2. The van der Waals surface area contributed by atoms with Crippen LogP contribution in [0.15, 0.2) is 15.8 Å². The predicted molar refractivity (Wildman–Crippen MR) is 77.6 cm³/mol. The fourth-order valence-corrected chi connectivity index (χ4v) is 4.99. The van der Waals surface area contributed by atoms with Crippen molar-refractivity contribution in [3.8, 4) is 0 Å². The second-order valence-electron chi connectivity index (χ2n) is 4.93. The van der Waals surface area contributed by atoms with Gasteiger partial charge in [-0.05, 0) is 17.4 Å². The van der Waals surface area contributed by atoms with E-state index in [0.717, 1.165) is 0 Å². The number of carbonyl (C=O) groups is 2. The standard InChI is InChI=1S/C11H13N5O4S2/c1-4(17)6-8(18)16-7(10(19)20)5(22-9(6)16)3-21-11-12-13-14-15(11)2/h4,6,9,17H,3H2,1-2H3,(H,19,20)/t4-,6+,9-/m1/s1. The van der Waals surface area contributed by atoms with Crippen LogP contribution in [0.5, 0.6) is 0 Å². The van der Waals surface area contributed by atoms with Crippen molar-refractivity contribution >= 4 is 35.4 Å². The average molecular weight is 343 g/mol. The van der Waals surface area contributed by atoms with Crippen LogP contribution in [0.25, 0.3) is 0 Å². The second-order valence-corrected chi connectivity index (χ2v) is 7.09. The molecule has 2 aliphatic rings. The smallest absolute Gasteiger partial charge is 0.353 e. The lowest BCUT2D eigenvalue weighted by Crippen LogP contribution is -2.60. The molecule has 22 heavy (non-hydrogen) atoms. The number of fused-ring (bicyclic) bond motifs is 1. The highest BCUT2D eigenvalue weighted by atomic mass is 32.2. The lowest BCUT2D eigenvalue weighted by atomic mass is 9.92. The highest BCUT2D eigenvalue weighted by Gasteiger charge is 2.57. The molecule has 0 radical (unpaired) electrons. The number of aromatic nitrogens is 4. The lowest BCUT2D eigenvalue weighted by Gasteiger charge is -2.43. The average Bonchev–Trinajstić information content (AvgIpc) is 2.97. The maximum absolute atomic E-state index is 12.0. The van der Waals surface area contributed by atoms with Gasteiger partial charge in [0.1, 0.15) is 11.1 Å². The number of hydrogen-bond acceptors (Lipinski definition) is 8. The number of aliphatic hydroxyl groups excluding tert-OH is 1. The predicted octanol–water partition coefficient (Wildman–Crippen LogP) is -0.490. The van der Waals surface area contributed by atoms with Crippen molar-refractivity contribution in [1.82, 2.24) is 25.1 Å². The third-order valence-electron chi connectivity index (χ3n) is 3.49. The Kier molecular flexibility index (Phi) is 3.87. The molecule has 0 spiro atoms. The Labute approximate surface area is 133 Å². The lowest BCUT2D eigenvalue weighted by molar-refractivity contribution is -0.156. The fourth-order valence-electron chi connectivity index (χ4n) is 2.43. The van der Waals surface area contributed by atoms with Crippen molar-refractivity contribution in [3.63, 3.8) is 0 Å². The van der Waals surface area contributed by atoms with Crippen molar-refractivity contribution < 1.29 is 19.8 Å². The topological polar surface area (TPSA) is 121 Å². The largest absolute Gasteiger partial charge is 0.477 e. The van der Waals surface area contributed by atoms with E-state index in [1.165, 1.54) is 33.1 Å². The quantitative estimate of drug-likeness (QED) is 0.538. The van der Waals surface area contributed by atoms with Crippen LogP contribution in [0.3, 0.4) is 0 Å². The van der Waals surface area contributed by atoms with E-state index in [1.807, 2.05) is 0 Å². The first-order valence-corrected chi connectivity index (χ1v) is 8.27. The van der Waals surface area contributed by atoms with Gasteiger partial charge in [-0.15, -0.1) is 16.9 Å². The molecule has 0 aliphatic carbocycles. The molecule has 1 saturated heterocycles. The number of aliphatic carboxylic acids is 1. The Balaban J connectivity index is 1.80. The van der Waals surface area contributed by atoms with Crippen LogP contribution < -0.4 is 0 Å².